The SMILES string of the molecule is Cc1ccsc1C(=NOCCN1CCCC(C(=O)O)C1)c1ccc(Cl)cc1Cl.Cl. The lowest BCUT2D eigenvalue weighted by atomic mass is 9.98. The van der Waals surface area contributed by atoms with Gasteiger partial charge in [-0.15, -0.1) is 23.7 Å². The van der Waals surface area contributed by atoms with Crippen molar-refractivity contribution in [1.82, 2.24) is 4.90 Å². The fourth-order valence-electron chi connectivity index (χ4n) is 3.25. The lowest BCUT2D eigenvalue weighted by molar-refractivity contribution is -0.143. The van der Waals surface area contributed by atoms with Gasteiger partial charge in [-0.1, -0.05) is 28.4 Å². The molecule has 5 nitrogen and oxygen atoms in total. The average molecular weight is 478 g/mol. The van der Waals surface area contributed by atoms with Crippen molar-refractivity contribution in [3.8, 4) is 0 Å². The Morgan fingerprint density at radius 2 is 2.17 bits per heavy atom. The van der Waals surface area contributed by atoms with Gasteiger partial charge in [-0.25, -0.2) is 0 Å². The van der Waals surface area contributed by atoms with Crippen molar-refractivity contribution in [3.05, 3.63) is 55.7 Å². The van der Waals surface area contributed by atoms with Gasteiger partial charge in [0.25, 0.3) is 0 Å². The van der Waals surface area contributed by atoms with Crippen molar-refractivity contribution in [2.24, 2.45) is 11.1 Å². The van der Waals surface area contributed by atoms with E-state index in [-0.39, 0.29) is 18.3 Å². The highest BCUT2D eigenvalue weighted by molar-refractivity contribution is 7.12. The molecule has 1 aliphatic heterocycles. The molecule has 158 valence electrons. The summed E-state index contributed by atoms with van der Waals surface area (Å²) in [5.41, 5.74) is 2.54. The van der Waals surface area contributed by atoms with E-state index in [1.165, 1.54) is 0 Å². The molecule has 0 bridgehead atoms. The summed E-state index contributed by atoms with van der Waals surface area (Å²) in [6.07, 6.45) is 1.63. The molecule has 1 N–H and O–H groups in total. The predicted molar refractivity (Wildman–Crippen MR) is 121 cm³/mol. The van der Waals surface area contributed by atoms with Crippen LogP contribution in [-0.2, 0) is 9.63 Å². The second-order valence-electron chi connectivity index (χ2n) is 6.81. The van der Waals surface area contributed by atoms with Gasteiger partial charge < -0.3 is 9.94 Å². The number of likely N-dealkylation sites (tertiary alicyclic amines) is 1. The smallest absolute Gasteiger partial charge is 0.307 e. The van der Waals surface area contributed by atoms with E-state index in [2.05, 4.69) is 10.1 Å². The standard InChI is InChI=1S/C20H22Cl2N2O3S.ClH/c1-13-6-10-28-19(13)18(16-5-4-15(21)11-17(16)22)23-27-9-8-24-7-2-3-14(12-24)20(25)26;/h4-6,10-11,14H,2-3,7-9,12H2,1H3,(H,25,26);1H. The minimum Gasteiger partial charge on any atom is -0.481 e. The summed E-state index contributed by atoms with van der Waals surface area (Å²) >= 11 is 14.0. The second-order valence-corrected chi connectivity index (χ2v) is 8.57. The van der Waals surface area contributed by atoms with E-state index in [1.54, 1.807) is 23.5 Å². The third-order valence-corrected chi connectivity index (χ3v) is 6.34. The van der Waals surface area contributed by atoms with Crippen LogP contribution in [0.15, 0.2) is 34.8 Å². The van der Waals surface area contributed by atoms with Crippen LogP contribution in [-0.4, -0.2) is 47.9 Å². The zero-order valence-corrected chi connectivity index (χ0v) is 19.1. The number of hydrogen-bond acceptors (Lipinski definition) is 5. The Kier molecular flexibility index (Phi) is 9.24. The van der Waals surface area contributed by atoms with E-state index in [4.69, 9.17) is 28.0 Å². The first-order valence-electron chi connectivity index (χ1n) is 9.10. The molecule has 1 unspecified atom stereocenters. The molecule has 1 fully saturated rings. The number of carboxylic acids is 1. The first-order valence-corrected chi connectivity index (χ1v) is 10.7. The molecule has 2 aromatic rings. The average Bonchev–Trinajstić information content (AvgIpc) is 3.08. The monoisotopic (exact) mass is 476 g/mol. The number of oxime groups is 1. The van der Waals surface area contributed by atoms with Crippen LogP contribution in [0.5, 0.6) is 0 Å². The van der Waals surface area contributed by atoms with Gasteiger partial charge in [-0.3, -0.25) is 9.69 Å². The molecule has 0 radical (unpaired) electrons. The third kappa shape index (κ3) is 6.33. The van der Waals surface area contributed by atoms with Crippen LogP contribution >= 0.6 is 46.9 Å². The van der Waals surface area contributed by atoms with Crippen molar-refractivity contribution < 1.29 is 14.7 Å². The maximum absolute atomic E-state index is 11.2. The van der Waals surface area contributed by atoms with Crippen molar-refractivity contribution >= 4 is 58.6 Å². The van der Waals surface area contributed by atoms with Crippen LogP contribution in [0.1, 0.15) is 28.8 Å². The van der Waals surface area contributed by atoms with Gasteiger partial charge in [-0.2, -0.15) is 0 Å². The zero-order chi connectivity index (χ0) is 20.1. The van der Waals surface area contributed by atoms with Crippen molar-refractivity contribution in [1.29, 1.82) is 0 Å². The minimum absolute atomic E-state index is 0. The molecular weight excluding hydrogens is 455 g/mol. The molecule has 1 aromatic heterocycles. The minimum atomic E-state index is -0.725. The van der Waals surface area contributed by atoms with E-state index >= 15 is 0 Å². The number of rotatable bonds is 7. The number of nitrogens with zero attached hydrogens (tertiary/aromatic N) is 2. The second kappa shape index (κ2) is 11.2. The maximum Gasteiger partial charge on any atom is 0.307 e. The van der Waals surface area contributed by atoms with Crippen LogP contribution in [0.3, 0.4) is 0 Å². The van der Waals surface area contributed by atoms with Gasteiger partial charge in [0.05, 0.1) is 15.8 Å². The normalized spacial score (nSPS) is 17.6. The number of carboxylic acid groups (broad SMARTS) is 1. The first kappa shape index (κ1) is 24.0. The van der Waals surface area contributed by atoms with Gasteiger partial charge in [0.15, 0.2) is 0 Å². The summed E-state index contributed by atoms with van der Waals surface area (Å²) in [5, 5.41) is 16.7. The summed E-state index contributed by atoms with van der Waals surface area (Å²) < 4.78 is 0. The summed E-state index contributed by atoms with van der Waals surface area (Å²) in [6, 6.07) is 7.34. The van der Waals surface area contributed by atoms with E-state index in [0.717, 1.165) is 35.4 Å². The fourth-order valence-corrected chi connectivity index (χ4v) is 4.67. The molecule has 2 heterocycles. The number of thiophene rings is 1. The zero-order valence-electron chi connectivity index (χ0n) is 15.9. The largest absolute Gasteiger partial charge is 0.481 e. The van der Waals surface area contributed by atoms with E-state index in [1.807, 2.05) is 24.4 Å². The number of piperidine rings is 1. The molecule has 1 atom stereocenters. The molecule has 29 heavy (non-hydrogen) atoms. The Balaban J connectivity index is 0.00000300. The van der Waals surface area contributed by atoms with Gasteiger partial charge >= 0.3 is 5.97 Å². The van der Waals surface area contributed by atoms with Crippen LogP contribution in [0.25, 0.3) is 0 Å². The third-order valence-electron chi connectivity index (χ3n) is 4.77. The molecule has 1 saturated heterocycles. The van der Waals surface area contributed by atoms with Crippen molar-refractivity contribution in [3.63, 3.8) is 0 Å². The molecule has 0 spiro atoms. The van der Waals surface area contributed by atoms with Crippen LogP contribution in [0.2, 0.25) is 10.0 Å². The lowest BCUT2D eigenvalue weighted by Crippen LogP contribution is -2.40. The highest BCUT2D eigenvalue weighted by atomic mass is 35.5. The number of halogens is 3. The van der Waals surface area contributed by atoms with E-state index in [0.29, 0.717) is 35.5 Å². The van der Waals surface area contributed by atoms with Gasteiger partial charge in [0, 0.05) is 23.7 Å². The highest BCUT2D eigenvalue weighted by Crippen LogP contribution is 2.27. The fraction of sp³-hybridized carbons (Fsp3) is 0.400. The van der Waals surface area contributed by atoms with Gasteiger partial charge in [0.2, 0.25) is 0 Å². The van der Waals surface area contributed by atoms with Crippen LogP contribution in [0, 0.1) is 12.8 Å². The van der Waals surface area contributed by atoms with Crippen LogP contribution < -0.4 is 0 Å². The Labute approximate surface area is 190 Å². The number of aliphatic carboxylic acids is 1. The summed E-state index contributed by atoms with van der Waals surface area (Å²) in [5.74, 6) is -1.02. The van der Waals surface area contributed by atoms with Crippen molar-refractivity contribution in [2.45, 2.75) is 19.8 Å². The number of aryl methyl sites for hydroxylation is 1. The Bertz CT molecular complexity index is 872. The number of benzene rings is 1. The van der Waals surface area contributed by atoms with E-state index in [9.17, 15) is 9.90 Å². The Morgan fingerprint density at radius 1 is 1.38 bits per heavy atom. The molecular formula is C20H23Cl3N2O3S. The molecule has 0 aliphatic carbocycles. The van der Waals surface area contributed by atoms with Gasteiger partial charge in [-0.05, 0) is 61.5 Å². The highest BCUT2D eigenvalue weighted by Gasteiger charge is 2.25. The van der Waals surface area contributed by atoms with Crippen molar-refractivity contribution in [2.75, 3.05) is 26.2 Å². The summed E-state index contributed by atoms with van der Waals surface area (Å²) in [6.45, 7) is 4.48. The quantitative estimate of drug-likeness (QED) is 0.332. The molecule has 1 aliphatic rings. The molecule has 3 rings (SSSR count). The lowest BCUT2D eigenvalue weighted by Gasteiger charge is -2.29. The summed E-state index contributed by atoms with van der Waals surface area (Å²) in [4.78, 5) is 19.9. The summed E-state index contributed by atoms with van der Waals surface area (Å²) in [7, 11) is 0. The van der Waals surface area contributed by atoms with Crippen LogP contribution in [0.4, 0.5) is 0 Å². The molecule has 1 aromatic carbocycles. The Morgan fingerprint density at radius 3 is 2.83 bits per heavy atom. The van der Waals surface area contributed by atoms with E-state index < -0.39 is 5.97 Å². The van der Waals surface area contributed by atoms with Gasteiger partial charge in [0.1, 0.15) is 12.3 Å². The molecule has 9 heteroatoms. The topological polar surface area (TPSA) is 62.1 Å². The maximum atomic E-state index is 11.2. The first-order chi connectivity index (χ1) is 13.5. The predicted octanol–water partition coefficient (Wildman–Crippen LogP) is 5.35. The number of hydrogen-bond donors (Lipinski definition) is 1. The molecule has 0 saturated carbocycles. The number of carbonyl (C=O) groups is 1. The molecule has 0 amide bonds. The Hall–Kier alpha value is -1.31.